The topological polar surface area (TPSA) is 81.8 Å². The number of β-amino-alcohol motifs (C(OH)–C–C–N with tert-alkyl or cyclic N) is 1. The van der Waals surface area contributed by atoms with Crippen molar-refractivity contribution in [2.24, 2.45) is 0 Å². The lowest BCUT2D eigenvalue weighted by molar-refractivity contribution is 0.0348. The summed E-state index contributed by atoms with van der Waals surface area (Å²) in [6.45, 7) is 9.89. The molecule has 0 saturated carbocycles. The average molecular weight is 405 g/mol. The zero-order chi connectivity index (χ0) is 20.1. The SMILES string of the molecule is C=CC(C)(O)CN1CCN(Cc2nc(C(=O)Nc3ccc(Cl)cc3)co2)CC1. The second-order valence-corrected chi connectivity index (χ2v) is 7.64. The molecule has 2 N–H and O–H groups in total. The molecule has 1 aromatic heterocycles. The Morgan fingerprint density at radius 1 is 1.32 bits per heavy atom. The van der Waals surface area contributed by atoms with Crippen molar-refractivity contribution in [3.05, 3.63) is 59.8 Å². The summed E-state index contributed by atoms with van der Waals surface area (Å²) in [5, 5.41) is 13.5. The summed E-state index contributed by atoms with van der Waals surface area (Å²) in [4.78, 5) is 21.0. The first-order valence-corrected chi connectivity index (χ1v) is 9.54. The van der Waals surface area contributed by atoms with E-state index in [-0.39, 0.29) is 11.6 Å². The van der Waals surface area contributed by atoms with Crippen LogP contribution >= 0.6 is 11.6 Å². The molecule has 28 heavy (non-hydrogen) atoms. The highest BCUT2D eigenvalue weighted by molar-refractivity contribution is 6.30. The quantitative estimate of drug-likeness (QED) is 0.690. The molecule has 2 aromatic rings. The van der Waals surface area contributed by atoms with Crippen molar-refractivity contribution in [1.82, 2.24) is 14.8 Å². The fraction of sp³-hybridized carbons (Fsp3) is 0.400. The van der Waals surface area contributed by atoms with Crippen LogP contribution in [0.4, 0.5) is 5.69 Å². The number of benzene rings is 1. The number of halogens is 1. The van der Waals surface area contributed by atoms with Crippen molar-refractivity contribution in [3.8, 4) is 0 Å². The van der Waals surface area contributed by atoms with E-state index in [0.29, 0.717) is 29.7 Å². The number of nitrogens with one attached hydrogen (secondary N) is 1. The Balaban J connectivity index is 1.49. The van der Waals surface area contributed by atoms with Gasteiger partial charge in [-0.2, -0.15) is 0 Å². The van der Waals surface area contributed by atoms with Crippen LogP contribution in [0.5, 0.6) is 0 Å². The molecule has 0 aliphatic carbocycles. The van der Waals surface area contributed by atoms with Gasteiger partial charge in [0.05, 0.1) is 12.1 Å². The molecule has 0 spiro atoms. The van der Waals surface area contributed by atoms with E-state index in [9.17, 15) is 9.90 Å². The summed E-state index contributed by atoms with van der Waals surface area (Å²) in [6.07, 6.45) is 2.95. The third-order valence-electron chi connectivity index (χ3n) is 4.69. The van der Waals surface area contributed by atoms with Crippen molar-refractivity contribution < 1.29 is 14.3 Å². The van der Waals surface area contributed by atoms with Crippen LogP contribution in [-0.4, -0.2) is 64.1 Å². The molecule has 150 valence electrons. The van der Waals surface area contributed by atoms with Crippen LogP contribution < -0.4 is 5.32 Å². The number of carbonyl (C=O) groups excluding carboxylic acids is 1. The summed E-state index contributed by atoms with van der Waals surface area (Å²) < 4.78 is 5.47. The van der Waals surface area contributed by atoms with Gasteiger partial charge in [-0.1, -0.05) is 17.7 Å². The summed E-state index contributed by atoms with van der Waals surface area (Å²) in [6, 6.07) is 6.87. The first-order chi connectivity index (χ1) is 13.3. The minimum atomic E-state index is -0.878. The number of nitrogens with zero attached hydrogens (tertiary/aromatic N) is 3. The molecule has 1 saturated heterocycles. The number of hydrogen-bond donors (Lipinski definition) is 2. The van der Waals surface area contributed by atoms with Crippen LogP contribution in [0.15, 0.2) is 47.6 Å². The van der Waals surface area contributed by atoms with E-state index in [1.807, 2.05) is 0 Å². The fourth-order valence-electron chi connectivity index (χ4n) is 3.03. The van der Waals surface area contributed by atoms with Gasteiger partial charge in [0.2, 0.25) is 5.89 Å². The predicted molar refractivity (Wildman–Crippen MR) is 108 cm³/mol. The van der Waals surface area contributed by atoms with E-state index in [2.05, 4.69) is 26.7 Å². The molecule has 7 nitrogen and oxygen atoms in total. The summed E-state index contributed by atoms with van der Waals surface area (Å²) >= 11 is 5.84. The molecule has 1 aliphatic heterocycles. The molecule has 1 aliphatic rings. The number of piperazine rings is 1. The van der Waals surface area contributed by atoms with E-state index in [4.69, 9.17) is 16.0 Å². The van der Waals surface area contributed by atoms with Crippen LogP contribution in [0.25, 0.3) is 0 Å². The highest BCUT2D eigenvalue weighted by atomic mass is 35.5. The Hall–Kier alpha value is -2.19. The second kappa shape index (κ2) is 8.87. The van der Waals surface area contributed by atoms with Gasteiger partial charge in [-0.05, 0) is 31.2 Å². The third-order valence-corrected chi connectivity index (χ3v) is 4.95. The Bertz CT molecular complexity index is 811. The lowest BCUT2D eigenvalue weighted by atomic mass is 10.1. The molecule has 3 rings (SSSR count). The number of rotatable bonds is 7. The van der Waals surface area contributed by atoms with Gasteiger partial charge in [-0.3, -0.25) is 14.6 Å². The van der Waals surface area contributed by atoms with Crippen LogP contribution in [0.2, 0.25) is 5.02 Å². The van der Waals surface area contributed by atoms with Gasteiger partial charge in [-0.25, -0.2) is 4.98 Å². The largest absolute Gasteiger partial charge is 0.447 e. The Labute approximate surface area is 169 Å². The zero-order valence-corrected chi connectivity index (χ0v) is 16.7. The zero-order valence-electron chi connectivity index (χ0n) is 15.9. The molecular formula is C20H25ClN4O3. The van der Waals surface area contributed by atoms with Gasteiger partial charge in [-0.15, -0.1) is 6.58 Å². The predicted octanol–water partition coefficient (Wildman–Crippen LogP) is 2.63. The lowest BCUT2D eigenvalue weighted by Crippen LogP contribution is -2.50. The van der Waals surface area contributed by atoms with Crippen molar-refractivity contribution in [3.63, 3.8) is 0 Å². The molecule has 1 fully saturated rings. The molecule has 2 heterocycles. The Morgan fingerprint density at radius 2 is 1.96 bits per heavy atom. The smallest absolute Gasteiger partial charge is 0.277 e. The molecular weight excluding hydrogens is 380 g/mol. The van der Waals surface area contributed by atoms with Gasteiger partial charge in [0.1, 0.15) is 6.26 Å². The first-order valence-electron chi connectivity index (χ1n) is 9.17. The van der Waals surface area contributed by atoms with E-state index in [1.54, 1.807) is 37.3 Å². The van der Waals surface area contributed by atoms with Gasteiger partial charge >= 0.3 is 0 Å². The number of carbonyl (C=O) groups is 1. The molecule has 0 bridgehead atoms. The van der Waals surface area contributed by atoms with Crippen LogP contribution in [0.1, 0.15) is 23.3 Å². The monoisotopic (exact) mass is 404 g/mol. The highest BCUT2D eigenvalue weighted by Crippen LogP contribution is 2.16. The highest BCUT2D eigenvalue weighted by Gasteiger charge is 2.25. The summed E-state index contributed by atoms with van der Waals surface area (Å²) in [5.74, 6) is 0.182. The first kappa shape index (κ1) is 20.5. The number of hydrogen-bond acceptors (Lipinski definition) is 6. The van der Waals surface area contributed by atoms with Gasteiger partial charge < -0.3 is 14.8 Å². The van der Waals surface area contributed by atoms with E-state index < -0.39 is 5.60 Å². The van der Waals surface area contributed by atoms with E-state index >= 15 is 0 Å². The maximum atomic E-state index is 12.3. The lowest BCUT2D eigenvalue weighted by Gasteiger charge is -2.36. The normalized spacial score (nSPS) is 17.8. The van der Waals surface area contributed by atoms with Gasteiger partial charge in [0.15, 0.2) is 5.69 Å². The van der Waals surface area contributed by atoms with Crippen molar-refractivity contribution in [1.29, 1.82) is 0 Å². The fourth-order valence-corrected chi connectivity index (χ4v) is 3.16. The van der Waals surface area contributed by atoms with Crippen LogP contribution in [-0.2, 0) is 6.54 Å². The third kappa shape index (κ3) is 5.65. The minimum Gasteiger partial charge on any atom is -0.447 e. The number of anilines is 1. The molecule has 1 aromatic carbocycles. The summed E-state index contributed by atoms with van der Waals surface area (Å²) in [5.41, 5.74) is 0.00738. The number of amides is 1. The molecule has 8 heteroatoms. The summed E-state index contributed by atoms with van der Waals surface area (Å²) in [7, 11) is 0. The maximum Gasteiger partial charge on any atom is 0.277 e. The molecule has 1 atom stereocenters. The Morgan fingerprint density at radius 3 is 2.61 bits per heavy atom. The van der Waals surface area contributed by atoms with Crippen LogP contribution in [0, 0.1) is 0 Å². The van der Waals surface area contributed by atoms with Crippen molar-refractivity contribution in [2.45, 2.75) is 19.1 Å². The van der Waals surface area contributed by atoms with Crippen LogP contribution in [0.3, 0.4) is 0 Å². The number of aliphatic hydroxyl groups is 1. The second-order valence-electron chi connectivity index (χ2n) is 7.20. The minimum absolute atomic E-state index is 0.241. The number of aromatic nitrogens is 1. The Kier molecular flexibility index (Phi) is 6.51. The molecule has 1 amide bonds. The van der Waals surface area contributed by atoms with Crippen molar-refractivity contribution in [2.75, 3.05) is 38.0 Å². The van der Waals surface area contributed by atoms with E-state index in [0.717, 1.165) is 26.2 Å². The van der Waals surface area contributed by atoms with Gasteiger partial charge in [0.25, 0.3) is 5.91 Å². The van der Waals surface area contributed by atoms with E-state index in [1.165, 1.54) is 6.26 Å². The maximum absolute atomic E-state index is 12.3. The standard InChI is InChI=1S/C20H25ClN4O3/c1-3-20(2,27)14-25-10-8-24(9-11-25)12-18-23-17(13-28-18)19(26)22-16-6-4-15(21)5-7-16/h3-7,13,27H,1,8-12,14H2,2H3,(H,22,26). The average Bonchev–Trinajstić information content (AvgIpc) is 3.14. The molecule has 1 unspecified atom stereocenters. The van der Waals surface area contributed by atoms with Crippen molar-refractivity contribution >= 4 is 23.2 Å². The van der Waals surface area contributed by atoms with Gasteiger partial charge in [0, 0.05) is 43.4 Å². The number of oxazole rings is 1. The molecule has 0 radical (unpaired) electrons.